The lowest BCUT2D eigenvalue weighted by Crippen LogP contribution is -2.06. The summed E-state index contributed by atoms with van der Waals surface area (Å²) in [5, 5.41) is 10.7. The molecule has 0 saturated carbocycles. The monoisotopic (exact) mass is 115 g/mol. The van der Waals surface area contributed by atoms with Gasteiger partial charge in [0.2, 0.25) is 4.85 Å². The van der Waals surface area contributed by atoms with Crippen LogP contribution in [-0.4, -0.2) is 16.6 Å². The summed E-state index contributed by atoms with van der Waals surface area (Å²) in [6.07, 6.45) is 0. The van der Waals surface area contributed by atoms with Gasteiger partial charge in [-0.3, -0.25) is 0 Å². The third-order valence-electron chi connectivity index (χ3n) is 0.811. The van der Waals surface area contributed by atoms with E-state index in [4.69, 9.17) is 5.21 Å². The largest absolute Gasteiger partial charge is 0.410 e. The van der Waals surface area contributed by atoms with Crippen molar-refractivity contribution in [1.29, 1.82) is 0 Å². The third-order valence-corrected chi connectivity index (χ3v) is 0.811. The number of rotatable bonds is 1. The molecule has 0 aliphatic heterocycles. The maximum atomic E-state index is 9.63. The smallest absolute Gasteiger partial charge is 0.393 e. The fourth-order valence-electron chi connectivity index (χ4n) is 0.138. The van der Waals surface area contributed by atoms with Crippen LogP contribution in [0.5, 0.6) is 0 Å². The molecule has 0 rings (SSSR count). The van der Waals surface area contributed by atoms with E-state index in [2.05, 4.69) is 10.0 Å². The maximum absolute atomic E-state index is 9.63. The van der Waals surface area contributed by atoms with Crippen LogP contribution in [0.3, 0.4) is 0 Å². The summed E-state index contributed by atoms with van der Waals surface area (Å²) in [5.74, 6) is 0. The first kappa shape index (κ1) is 6.85. The Labute approximate surface area is 46.5 Å². The minimum atomic E-state index is 0.201. The zero-order valence-corrected chi connectivity index (χ0v) is 4.75. The van der Waals surface area contributed by atoms with Gasteiger partial charge in [-0.1, -0.05) is 5.16 Å². The van der Waals surface area contributed by atoms with Crippen molar-refractivity contribution >= 4 is 11.4 Å². The topological polar surface area (TPSA) is 63.8 Å². The van der Waals surface area contributed by atoms with E-state index in [9.17, 15) is 4.91 Å². The summed E-state index contributed by atoms with van der Waals surface area (Å²) >= 11 is 0. The molecular weight excluding hydrogens is 108 g/mol. The van der Waals surface area contributed by atoms with Crippen molar-refractivity contribution in [3.8, 4) is 0 Å². The van der Waals surface area contributed by atoms with Gasteiger partial charge in [-0.05, 0) is 6.92 Å². The van der Waals surface area contributed by atoms with Gasteiger partial charge in [0.05, 0.1) is 0 Å². The number of nitrogens with zero attached hydrogens (tertiary/aromatic N) is 2. The Morgan fingerprint density at radius 2 is 2.12 bits per heavy atom. The molecule has 0 atom stereocenters. The van der Waals surface area contributed by atoms with Crippen LogP contribution >= 0.6 is 0 Å². The Kier molecular flexibility index (Phi) is 2.51. The Bertz CT molecular complexity index is 155. The summed E-state index contributed by atoms with van der Waals surface area (Å²) in [7, 11) is 0. The lowest BCUT2D eigenvalue weighted by molar-refractivity contribution is 0.320. The molecule has 44 valence electrons. The number of hydrogen-bond donors (Lipinski definition) is 1. The van der Waals surface area contributed by atoms with Crippen LogP contribution in [0.4, 0.5) is 0 Å². The number of nitroso groups, excluding NO2 is 1. The van der Waals surface area contributed by atoms with Gasteiger partial charge in [0.1, 0.15) is 0 Å². The molecule has 0 unspecified atom stereocenters. The van der Waals surface area contributed by atoms with Crippen molar-refractivity contribution in [3.05, 3.63) is 4.91 Å². The van der Waals surface area contributed by atoms with E-state index in [1.54, 1.807) is 0 Å². The zero-order valence-electron chi connectivity index (χ0n) is 4.75. The average molecular weight is 115 g/mol. The van der Waals surface area contributed by atoms with E-state index in [0.29, 0.717) is 0 Å². The zero-order chi connectivity index (χ0) is 6.57. The minimum absolute atomic E-state index is 0.201. The van der Waals surface area contributed by atoms with Crippen LogP contribution in [0.25, 0.3) is 0 Å². The molecule has 0 radical (unpaired) electrons. The van der Waals surface area contributed by atoms with Gasteiger partial charge in [0, 0.05) is 6.92 Å². The van der Waals surface area contributed by atoms with Crippen molar-refractivity contribution in [3.63, 3.8) is 0 Å². The van der Waals surface area contributed by atoms with E-state index < -0.39 is 0 Å². The molecular formula is C4H7N2O2+. The van der Waals surface area contributed by atoms with E-state index in [1.165, 1.54) is 13.8 Å². The lowest BCUT2D eigenvalue weighted by atomic mass is 10.3. The molecule has 0 amide bonds. The molecule has 0 saturated heterocycles. The first-order valence-electron chi connectivity index (χ1n) is 2.08. The summed E-state index contributed by atoms with van der Waals surface area (Å²) in [6.45, 7) is 2.97. The van der Waals surface area contributed by atoms with Crippen molar-refractivity contribution < 1.29 is 5.21 Å². The summed E-state index contributed by atoms with van der Waals surface area (Å²) in [5.41, 5.74) is 0.451. The fraction of sp³-hybridized carbons (Fsp3) is 0.500. The fourth-order valence-corrected chi connectivity index (χ4v) is 0.138. The summed E-state index contributed by atoms with van der Waals surface area (Å²) in [6, 6.07) is 0. The number of oxime groups is 1. The molecule has 0 bridgehead atoms. The maximum Gasteiger partial charge on any atom is 0.393 e. The summed E-state index contributed by atoms with van der Waals surface area (Å²) in [4.78, 5) is 12.2. The third kappa shape index (κ3) is 1.53. The molecule has 0 aromatic rings. The van der Waals surface area contributed by atoms with Crippen LogP contribution in [-0.2, 0) is 0 Å². The van der Waals surface area contributed by atoms with Crippen LogP contribution in [0.1, 0.15) is 13.8 Å². The molecule has 0 aliphatic carbocycles. The molecule has 0 spiro atoms. The highest BCUT2D eigenvalue weighted by atomic mass is 16.4. The van der Waals surface area contributed by atoms with Crippen molar-refractivity contribution in [1.82, 2.24) is 4.85 Å². The molecule has 4 nitrogen and oxygen atoms in total. The molecule has 4 heteroatoms. The van der Waals surface area contributed by atoms with Gasteiger partial charge in [-0.2, -0.15) is 0 Å². The SMILES string of the molecule is CC(=[N+]=O)/C(C)=N/O. The molecule has 0 aliphatic rings. The number of hydrogen-bond acceptors (Lipinski definition) is 3. The van der Waals surface area contributed by atoms with Crippen LogP contribution in [0, 0.1) is 4.91 Å². The molecule has 1 N–H and O–H groups in total. The van der Waals surface area contributed by atoms with E-state index in [1.807, 2.05) is 0 Å². The summed E-state index contributed by atoms with van der Waals surface area (Å²) < 4.78 is 0. The van der Waals surface area contributed by atoms with Crippen molar-refractivity contribution in [2.75, 3.05) is 0 Å². The predicted molar refractivity (Wildman–Crippen MR) is 31.1 cm³/mol. The van der Waals surface area contributed by atoms with Crippen LogP contribution in [0.15, 0.2) is 5.16 Å². The van der Waals surface area contributed by atoms with Gasteiger partial charge in [-0.15, -0.1) is 0 Å². The first-order valence-corrected chi connectivity index (χ1v) is 2.08. The Morgan fingerprint density at radius 1 is 1.62 bits per heavy atom. The Balaban J connectivity index is 4.27. The van der Waals surface area contributed by atoms with Gasteiger partial charge < -0.3 is 5.21 Å². The van der Waals surface area contributed by atoms with Gasteiger partial charge in [0.15, 0.2) is 10.6 Å². The lowest BCUT2D eigenvalue weighted by Gasteiger charge is -1.74. The molecule has 8 heavy (non-hydrogen) atoms. The highest BCUT2D eigenvalue weighted by Crippen LogP contribution is 1.73. The Hall–Kier alpha value is -1.15. The van der Waals surface area contributed by atoms with E-state index in [0.717, 1.165) is 0 Å². The predicted octanol–water partition coefficient (Wildman–Crippen LogP) is 0.131. The molecule has 0 aromatic heterocycles. The van der Waals surface area contributed by atoms with E-state index >= 15 is 0 Å². The highest BCUT2D eigenvalue weighted by molar-refractivity contribution is 6.39. The standard InChI is InChI=1S/C4H6N2O2/c1-3(5-7)4(2)6-8/h1-2H3/p+1. The van der Waals surface area contributed by atoms with Gasteiger partial charge in [-0.25, -0.2) is 0 Å². The minimum Gasteiger partial charge on any atom is -0.410 e. The van der Waals surface area contributed by atoms with Gasteiger partial charge in [0.25, 0.3) is 0 Å². The van der Waals surface area contributed by atoms with Crippen molar-refractivity contribution in [2.45, 2.75) is 13.8 Å². The van der Waals surface area contributed by atoms with Crippen LogP contribution < -0.4 is 4.85 Å². The molecule has 0 fully saturated rings. The van der Waals surface area contributed by atoms with Gasteiger partial charge >= 0.3 is 5.71 Å². The first-order chi connectivity index (χ1) is 3.72. The van der Waals surface area contributed by atoms with Crippen LogP contribution in [0.2, 0.25) is 0 Å². The molecule has 0 aromatic carbocycles. The second-order valence-corrected chi connectivity index (χ2v) is 1.36. The highest BCUT2D eigenvalue weighted by Gasteiger charge is 2.08. The van der Waals surface area contributed by atoms with E-state index in [-0.39, 0.29) is 11.4 Å². The normalized spacial score (nSPS) is 10.5. The average Bonchev–Trinajstić information content (AvgIpc) is 1.84. The quantitative estimate of drug-likeness (QED) is 0.228. The molecule has 0 heterocycles. The Morgan fingerprint density at radius 3 is 2.25 bits per heavy atom. The second kappa shape index (κ2) is 2.93. The second-order valence-electron chi connectivity index (χ2n) is 1.36. The van der Waals surface area contributed by atoms with Crippen molar-refractivity contribution in [2.24, 2.45) is 5.16 Å².